The van der Waals surface area contributed by atoms with E-state index in [0.29, 0.717) is 57.1 Å². The highest BCUT2D eigenvalue weighted by Crippen LogP contribution is 2.21. The molecule has 3 rings (SSSR count). The molecule has 1 aliphatic heterocycles. The Morgan fingerprint density at radius 1 is 1.11 bits per heavy atom. The molecule has 10 heteroatoms. The molecule has 1 saturated heterocycles. The van der Waals surface area contributed by atoms with E-state index in [1.54, 1.807) is 16.4 Å². The first-order chi connectivity index (χ1) is 13.0. The maximum absolute atomic E-state index is 13.0. The van der Waals surface area contributed by atoms with Gasteiger partial charge in [0.2, 0.25) is 15.2 Å². The molecule has 1 aromatic carbocycles. The zero-order valence-corrected chi connectivity index (χ0v) is 17.2. The van der Waals surface area contributed by atoms with Gasteiger partial charge in [0, 0.05) is 50.0 Å². The molecular formula is C17H22ClFN4O2S2. The first-order valence-electron chi connectivity index (χ1n) is 8.84. The number of hydrogen-bond donors (Lipinski definition) is 0. The van der Waals surface area contributed by atoms with Gasteiger partial charge >= 0.3 is 0 Å². The minimum atomic E-state index is -3.22. The molecule has 2 heterocycles. The third-order valence-electron chi connectivity index (χ3n) is 4.42. The van der Waals surface area contributed by atoms with Crippen molar-refractivity contribution in [1.82, 2.24) is 13.7 Å². The molecule has 0 aliphatic carbocycles. The first kappa shape index (κ1) is 20.4. The highest BCUT2D eigenvalue weighted by molar-refractivity contribution is 7.89. The summed E-state index contributed by atoms with van der Waals surface area (Å²) in [6.07, 6.45) is 1.85. The molecule has 6 nitrogen and oxygen atoms in total. The summed E-state index contributed by atoms with van der Waals surface area (Å²) in [5.74, 6) is 1.07. The van der Waals surface area contributed by atoms with Crippen LogP contribution in [0.2, 0.25) is 0 Å². The average molecular weight is 433 g/mol. The molecule has 148 valence electrons. The van der Waals surface area contributed by atoms with Crippen molar-refractivity contribution in [3.05, 3.63) is 41.5 Å². The van der Waals surface area contributed by atoms with Gasteiger partial charge in [0.25, 0.3) is 0 Å². The van der Waals surface area contributed by atoms with E-state index in [2.05, 4.69) is 14.3 Å². The number of anilines is 1. The number of hydrogen-bond acceptors (Lipinski definition) is 6. The topological polar surface area (TPSA) is 66.4 Å². The van der Waals surface area contributed by atoms with Crippen molar-refractivity contribution in [3.63, 3.8) is 0 Å². The van der Waals surface area contributed by atoms with Gasteiger partial charge in [0.1, 0.15) is 11.6 Å². The summed E-state index contributed by atoms with van der Waals surface area (Å²) in [5.41, 5.74) is 0.952. The number of halogens is 2. The van der Waals surface area contributed by atoms with E-state index in [1.165, 1.54) is 23.7 Å². The van der Waals surface area contributed by atoms with Crippen LogP contribution in [0.4, 0.5) is 9.52 Å². The summed E-state index contributed by atoms with van der Waals surface area (Å²) in [5, 5.41) is 0.797. The lowest BCUT2D eigenvalue weighted by Crippen LogP contribution is -2.49. The second kappa shape index (κ2) is 9.27. The van der Waals surface area contributed by atoms with Gasteiger partial charge in [-0.25, -0.2) is 17.8 Å². The Morgan fingerprint density at radius 2 is 1.81 bits per heavy atom. The number of piperazine rings is 1. The number of sulfonamides is 1. The van der Waals surface area contributed by atoms with Crippen molar-refractivity contribution in [3.8, 4) is 0 Å². The second-order valence-electron chi connectivity index (χ2n) is 6.39. The van der Waals surface area contributed by atoms with Crippen molar-refractivity contribution in [2.24, 2.45) is 0 Å². The van der Waals surface area contributed by atoms with Crippen LogP contribution in [0.15, 0.2) is 24.3 Å². The maximum Gasteiger partial charge on any atom is 0.214 e. The van der Waals surface area contributed by atoms with E-state index in [1.807, 2.05) is 0 Å². The Morgan fingerprint density at radius 3 is 2.48 bits per heavy atom. The molecule has 0 saturated carbocycles. The molecule has 0 amide bonds. The zero-order chi connectivity index (χ0) is 19.3. The van der Waals surface area contributed by atoms with E-state index >= 15 is 0 Å². The van der Waals surface area contributed by atoms with E-state index < -0.39 is 10.0 Å². The van der Waals surface area contributed by atoms with Crippen LogP contribution in [0.1, 0.15) is 24.2 Å². The van der Waals surface area contributed by atoms with E-state index in [4.69, 9.17) is 11.6 Å². The van der Waals surface area contributed by atoms with Crippen molar-refractivity contribution >= 4 is 38.3 Å². The lowest BCUT2D eigenvalue weighted by molar-refractivity contribution is 0.384. The third kappa shape index (κ3) is 5.60. The number of aromatic nitrogens is 2. The number of benzene rings is 1. The Bertz CT molecular complexity index is 837. The fourth-order valence-corrected chi connectivity index (χ4v) is 5.37. The highest BCUT2D eigenvalue weighted by atomic mass is 35.5. The van der Waals surface area contributed by atoms with Crippen molar-refractivity contribution in [1.29, 1.82) is 0 Å². The summed E-state index contributed by atoms with van der Waals surface area (Å²) in [4.78, 5) is 6.62. The van der Waals surface area contributed by atoms with Gasteiger partial charge in [0.05, 0.1) is 5.75 Å². The number of alkyl halides is 1. The van der Waals surface area contributed by atoms with Gasteiger partial charge in [-0.1, -0.05) is 12.1 Å². The molecule has 0 unspecified atom stereocenters. The summed E-state index contributed by atoms with van der Waals surface area (Å²) in [7, 11) is -3.22. The van der Waals surface area contributed by atoms with Gasteiger partial charge in [0.15, 0.2) is 0 Å². The predicted octanol–water partition coefficient (Wildman–Crippen LogP) is 2.74. The number of rotatable bonds is 8. The van der Waals surface area contributed by atoms with Gasteiger partial charge in [-0.3, -0.25) is 0 Å². The molecule has 0 atom stereocenters. The summed E-state index contributed by atoms with van der Waals surface area (Å²) >= 11 is 6.93. The lowest BCUT2D eigenvalue weighted by atomic mass is 10.1. The van der Waals surface area contributed by atoms with Crippen LogP contribution < -0.4 is 4.90 Å². The largest absolute Gasteiger partial charge is 0.344 e. The molecule has 1 aliphatic rings. The van der Waals surface area contributed by atoms with Crippen LogP contribution in [0.5, 0.6) is 0 Å². The van der Waals surface area contributed by atoms with Gasteiger partial charge in [-0.15, -0.1) is 11.6 Å². The SMILES string of the molecule is O=S(=O)(CCCCCl)N1CCN(c2nc(Cc3ccc(F)cc3)ns2)CC1. The quantitative estimate of drug-likeness (QED) is 0.474. The summed E-state index contributed by atoms with van der Waals surface area (Å²) in [6, 6.07) is 6.30. The molecule has 0 bridgehead atoms. The lowest BCUT2D eigenvalue weighted by Gasteiger charge is -2.33. The molecule has 0 radical (unpaired) electrons. The Labute approximate surface area is 168 Å². The summed E-state index contributed by atoms with van der Waals surface area (Å²) in [6.45, 7) is 2.10. The zero-order valence-electron chi connectivity index (χ0n) is 14.9. The van der Waals surface area contributed by atoms with Crippen LogP contribution in [0.25, 0.3) is 0 Å². The molecular weight excluding hydrogens is 411 g/mol. The van der Waals surface area contributed by atoms with Gasteiger partial charge in [-0.05, 0) is 30.5 Å². The number of nitrogens with zero attached hydrogens (tertiary/aromatic N) is 4. The second-order valence-corrected chi connectivity index (χ2v) is 9.59. The standard InChI is InChI=1S/C17H22ClFN4O2S2/c18-7-1-2-12-27(24,25)23-10-8-22(9-11-23)17-20-16(21-26-17)13-14-3-5-15(19)6-4-14/h3-6H,1-2,7-13H2. The normalized spacial score (nSPS) is 16.0. The number of unbranched alkanes of at least 4 members (excludes halogenated alkanes) is 1. The minimum Gasteiger partial charge on any atom is -0.344 e. The first-order valence-corrected chi connectivity index (χ1v) is 11.8. The molecule has 1 aromatic heterocycles. The van der Waals surface area contributed by atoms with Crippen LogP contribution in [0, 0.1) is 5.82 Å². The van der Waals surface area contributed by atoms with Crippen LogP contribution in [-0.4, -0.2) is 59.9 Å². The van der Waals surface area contributed by atoms with Crippen molar-refractivity contribution in [2.75, 3.05) is 42.7 Å². The van der Waals surface area contributed by atoms with E-state index in [-0.39, 0.29) is 11.6 Å². The van der Waals surface area contributed by atoms with E-state index in [0.717, 1.165) is 10.7 Å². The minimum absolute atomic E-state index is 0.153. The molecule has 0 N–H and O–H groups in total. The van der Waals surface area contributed by atoms with Gasteiger partial charge in [-0.2, -0.15) is 8.68 Å². The third-order valence-corrected chi connectivity index (χ3v) is 7.46. The average Bonchev–Trinajstić information content (AvgIpc) is 3.12. The summed E-state index contributed by atoms with van der Waals surface area (Å²) < 4.78 is 43.6. The fourth-order valence-electron chi connectivity index (χ4n) is 2.90. The monoisotopic (exact) mass is 432 g/mol. The Balaban J connectivity index is 1.54. The molecule has 27 heavy (non-hydrogen) atoms. The molecule has 1 fully saturated rings. The predicted molar refractivity (Wildman–Crippen MR) is 107 cm³/mol. The maximum atomic E-state index is 13.0. The van der Waals surface area contributed by atoms with Crippen LogP contribution in [0.3, 0.4) is 0 Å². The molecule has 2 aromatic rings. The Kier molecular flexibility index (Phi) is 7.02. The van der Waals surface area contributed by atoms with Crippen LogP contribution >= 0.6 is 23.1 Å². The van der Waals surface area contributed by atoms with Crippen LogP contribution in [-0.2, 0) is 16.4 Å². The van der Waals surface area contributed by atoms with Crippen molar-refractivity contribution < 1.29 is 12.8 Å². The molecule has 0 spiro atoms. The fraction of sp³-hybridized carbons (Fsp3) is 0.529. The van der Waals surface area contributed by atoms with Gasteiger partial charge < -0.3 is 4.90 Å². The van der Waals surface area contributed by atoms with E-state index in [9.17, 15) is 12.8 Å². The Hall–Kier alpha value is -1.29. The highest BCUT2D eigenvalue weighted by Gasteiger charge is 2.27. The smallest absolute Gasteiger partial charge is 0.214 e. The van der Waals surface area contributed by atoms with Crippen molar-refractivity contribution in [2.45, 2.75) is 19.3 Å².